The molecule has 0 aliphatic rings. The maximum absolute atomic E-state index is 9.12. The molecule has 0 aromatic carbocycles. The van der Waals surface area contributed by atoms with Gasteiger partial charge in [-0.2, -0.15) is 0 Å². The van der Waals surface area contributed by atoms with Crippen molar-refractivity contribution in [1.29, 1.82) is 0 Å². The van der Waals surface area contributed by atoms with Crippen LogP contribution in [0.15, 0.2) is 0 Å². The molecule has 0 aromatic rings. The van der Waals surface area contributed by atoms with Gasteiger partial charge >= 0.3 is 5.97 Å². The van der Waals surface area contributed by atoms with Gasteiger partial charge in [0.1, 0.15) is 6.61 Å². The molecule has 56 valence electrons. The number of aliphatic carboxylic acids is 1. The molecule has 0 radical (unpaired) electrons. The molecule has 0 aliphatic heterocycles. The normalized spacial score (nSPS) is 11.1. The van der Waals surface area contributed by atoms with Crippen molar-refractivity contribution < 1.29 is 20.1 Å². The minimum Gasteiger partial charge on any atom is -0.480 e. The summed E-state index contributed by atoms with van der Waals surface area (Å²) in [7, 11) is 0. The Bertz CT molecular complexity index is 70.2. The molecule has 0 spiro atoms. The monoisotopic (exact) mass is 137 g/mol. The Hall–Kier alpha value is -0.650. The summed E-state index contributed by atoms with van der Waals surface area (Å²) in [5, 5.41) is 22.8. The number of aliphatic hydroxyl groups is 2. The minimum atomic E-state index is -1.19. The van der Waals surface area contributed by atoms with E-state index in [0.717, 1.165) is 0 Å². The van der Waals surface area contributed by atoms with Crippen molar-refractivity contribution >= 4 is 5.97 Å². The Morgan fingerprint density at radius 2 is 1.89 bits per heavy atom. The van der Waals surface area contributed by atoms with Gasteiger partial charge in [-0.1, -0.05) is 0 Å². The predicted molar refractivity (Wildman–Crippen MR) is 30.6 cm³/mol. The fourth-order valence-corrected chi connectivity index (χ4v) is 0. The van der Waals surface area contributed by atoms with Crippen LogP contribution in [0.2, 0.25) is 0 Å². The van der Waals surface area contributed by atoms with Crippen LogP contribution in [0.5, 0.6) is 0 Å². The lowest BCUT2D eigenvalue weighted by molar-refractivity contribution is -0.140. The Morgan fingerprint density at radius 1 is 1.78 bits per heavy atom. The van der Waals surface area contributed by atoms with Gasteiger partial charge in [-0.15, -0.1) is 0 Å². The molecule has 5 heteroatoms. The molecule has 0 saturated carbocycles. The molecule has 0 aromatic heterocycles. The van der Waals surface area contributed by atoms with Crippen molar-refractivity contribution in [3.05, 3.63) is 0 Å². The molecule has 1 unspecified atom stereocenters. The van der Waals surface area contributed by atoms with E-state index in [2.05, 4.69) is 5.73 Å². The van der Waals surface area contributed by atoms with Gasteiger partial charge in [-0.25, -0.2) is 4.79 Å². The third kappa shape index (κ3) is 115. The Morgan fingerprint density at radius 3 is 1.89 bits per heavy atom. The van der Waals surface area contributed by atoms with Crippen molar-refractivity contribution in [2.24, 2.45) is 5.73 Å². The molecule has 0 saturated heterocycles. The minimum absolute atomic E-state index is 0.667. The Kier molecular flexibility index (Phi) is 9.14. The highest BCUT2D eigenvalue weighted by atomic mass is 16.4. The van der Waals surface area contributed by atoms with E-state index in [-0.39, 0.29) is 0 Å². The lowest BCUT2D eigenvalue weighted by Crippen LogP contribution is -2.11. The number of carboxylic acid groups (broad SMARTS) is 1. The van der Waals surface area contributed by atoms with Crippen LogP contribution in [0.25, 0.3) is 0 Å². The van der Waals surface area contributed by atoms with Crippen LogP contribution in [0.1, 0.15) is 6.92 Å². The molecule has 0 bridgehead atoms. The molecule has 0 fully saturated rings. The van der Waals surface area contributed by atoms with Crippen LogP contribution in [0.3, 0.4) is 0 Å². The van der Waals surface area contributed by atoms with Crippen molar-refractivity contribution in [2.45, 2.75) is 13.2 Å². The molecule has 0 rings (SSSR count). The van der Waals surface area contributed by atoms with Crippen LogP contribution in [0, 0.1) is 0 Å². The summed E-state index contributed by atoms with van der Waals surface area (Å²) in [4.78, 5) is 9.12. The lowest BCUT2D eigenvalue weighted by atomic mass is 10.7. The maximum atomic E-state index is 9.12. The van der Waals surface area contributed by atoms with E-state index in [1.54, 1.807) is 0 Å². The van der Waals surface area contributed by atoms with Crippen LogP contribution in [0.4, 0.5) is 0 Å². The zero-order valence-electron chi connectivity index (χ0n) is 5.11. The first kappa shape index (κ1) is 11.2. The van der Waals surface area contributed by atoms with Crippen molar-refractivity contribution in [1.82, 2.24) is 0 Å². The van der Waals surface area contributed by atoms with Gasteiger partial charge in [0.2, 0.25) is 0 Å². The highest BCUT2D eigenvalue weighted by Crippen LogP contribution is 1.50. The van der Waals surface area contributed by atoms with Crippen LogP contribution in [-0.4, -0.2) is 34.1 Å². The summed E-state index contributed by atoms with van der Waals surface area (Å²) in [6.07, 6.45) is -0.667. The molecule has 0 aliphatic carbocycles. The second kappa shape index (κ2) is 7.35. The molecule has 1 atom stereocenters. The van der Waals surface area contributed by atoms with Gasteiger partial charge < -0.3 is 21.1 Å². The average molecular weight is 137 g/mol. The van der Waals surface area contributed by atoms with Crippen molar-refractivity contribution in [2.75, 3.05) is 6.61 Å². The summed E-state index contributed by atoms with van der Waals surface area (Å²) in [6, 6.07) is 0. The van der Waals surface area contributed by atoms with Gasteiger partial charge in [-0.05, 0) is 6.92 Å². The van der Waals surface area contributed by atoms with E-state index >= 15 is 0 Å². The van der Waals surface area contributed by atoms with Crippen LogP contribution < -0.4 is 5.73 Å². The number of carboxylic acids is 1. The van der Waals surface area contributed by atoms with Crippen LogP contribution in [-0.2, 0) is 4.79 Å². The zero-order valence-corrected chi connectivity index (χ0v) is 5.11. The van der Waals surface area contributed by atoms with Gasteiger partial charge in [0, 0.05) is 0 Å². The second-order valence-corrected chi connectivity index (χ2v) is 1.29. The van der Waals surface area contributed by atoms with E-state index < -0.39 is 18.8 Å². The quantitative estimate of drug-likeness (QED) is 0.324. The maximum Gasteiger partial charge on any atom is 0.329 e. The summed E-state index contributed by atoms with van der Waals surface area (Å²) in [5.74, 6) is -1.19. The fourth-order valence-electron chi connectivity index (χ4n) is 0. The van der Waals surface area contributed by atoms with E-state index in [4.69, 9.17) is 20.1 Å². The summed E-state index contributed by atoms with van der Waals surface area (Å²) in [6.45, 7) is 0.722. The first-order valence-corrected chi connectivity index (χ1v) is 2.27. The number of nitrogens with two attached hydrogens (primary N) is 1. The summed E-state index contributed by atoms with van der Waals surface area (Å²) < 4.78 is 0. The SMILES string of the molecule is CC(N)O.O=C(O)CO. The van der Waals surface area contributed by atoms with Crippen molar-refractivity contribution in [3.8, 4) is 0 Å². The lowest BCUT2D eigenvalue weighted by Gasteiger charge is -1.82. The van der Waals surface area contributed by atoms with Crippen molar-refractivity contribution in [3.63, 3.8) is 0 Å². The fraction of sp³-hybridized carbons (Fsp3) is 0.750. The summed E-state index contributed by atoms with van der Waals surface area (Å²) >= 11 is 0. The highest BCUT2D eigenvalue weighted by molar-refractivity contribution is 5.67. The number of rotatable bonds is 1. The highest BCUT2D eigenvalue weighted by Gasteiger charge is 1.82. The number of hydrogen-bond acceptors (Lipinski definition) is 4. The zero-order chi connectivity index (χ0) is 7.86. The standard InChI is InChI=1S/C2H7NO.C2H4O3/c1-2(3)4;3-1-2(4)5/h2,4H,3H2,1H3;3H,1H2,(H,4,5). The van der Waals surface area contributed by atoms with Gasteiger partial charge in [0.05, 0.1) is 6.23 Å². The van der Waals surface area contributed by atoms with Gasteiger partial charge in [0.25, 0.3) is 0 Å². The topological polar surface area (TPSA) is 104 Å². The second-order valence-electron chi connectivity index (χ2n) is 1.29. The molecule has 0 heterocycles. The molecular weight excluding hydrogens is 126 g/mol. The van der Waals surface area contributed by atoms with Gasteiger partial charge in [-0.3, -0.25) is 0 Å². The molecule has 9 heavy (non-hydrogen) atoms. The molecule has 5 nitrogen and oxygen atoms in total. The number of aliphatic hydroxyl groups excluding tert-OH is 2. The van der Waals surface area contributed by atoms with E-state index in [1.165, 1.54) is 6.92 Å². The number of hydrogen-bond donors (Lipinski definition) is 4. The predicted octanol–water partition coefficient (Wildman–Crippen LogP) is -1.65. The van der Waals surface area contributed by atoms with E-state index in [9.17, 15) is 0 Å². The smallest absolute Gasteiger partial charge is 0.329 e. The first-order valence-electron chi connectivity index (χ1n) is 2.27. The van der Waals surface area contributed by atoms with E-state index in [0.29, 0.717) is 0 Å². The Balaban J connectivity index is 0. The molecular formula is C4H11NO4. The van der Waals surface area contributed by atoms with E-state index in [1.807, 2.05) is 0 Å². The Labute approximate surface area is 52.7 Å². The number of carbonyl (C=O) groups is 1. The van der Waals surface area contributed by atoms with Crippen LogP contribution >= 0.6 is 0 Å². The third-order valence-electron chi connectivity index (χ3n) is 0.135. The summed E-state index contributed by atoms with van der Waals surface area (Å²) in [5.41, 5.74) is 4.67. The molecule has 0 amide bonds. The third-order valence-corrected chi connectivity index (χ3v) is 0.135. The van der Waals surface area contributed by atoms with Gasteiger partial charge in [0.15, 0.2) is 0 Å². The molecule has 5 N–H and O–H groups in total. The first-order chi connectivity index (χ1) is 4.00. The average Bonchev–Trinajstić information content (AvgIpc) is 1.65. The largest absolute Gasteiger partial charge is 0.480 e.